The maximum Gasteiger partial charge on any atom is 0.0616 e. The van der Waals surface area contributed by atoms with E-state index < -0.39 is 0 Å². The Kier molecular flexibility index (Phi) is 30.1. The van der Waals surface area contributed by atoms with E-state index in [1.807, 2.05) is 0 Å². The van der Waals surface area contributed by atoms with Gasteiger partial charge in [0.25, 0.3) is 0 Å². The molecule has 20 atom stereocenters. The minimum absolute atomic E-state index is 0.0570. The first-order valence-electron chi connectivity index (χ1n) is 41.3. The van der Waals surface area contributed by atoms with Crippen LogP contribution in [0.15, 0.2) is 23.3 Å². The number of allylic oxidation sites excluding steroid dienone is 2. The monoisotopic (exact) mass is 1240 g/mol. The molecule has 0 aromatic rings. The first kappa shape index (κ1) is 74.2. The van der Waals surface area contributed by atoms with Crippen molar-refractivity contribution in [3.63, 3.8) is 0 Å². The fourth-order valence-corrected chi connectivity index (χ4v) is 24.4. The Morgan fingerprint density at radius 1 is 0.382 bits per heavy atom. The maximum absolute atomic E-state index is 12.4. The maximum atomic E-state index is 12.4. The molecular formula is C86H154O3. The summed E-state index contributed by atoms with van der Waals surface area (Å²) in [6.07, 6.45) is 69.2. The average molecular weight is 1240 g/mol. The Bertz CT molecular complexity index is 1910. The van der Waals surface area contributed by atoms with Crippen LogP contribution in [0.1, 0.15) is 391 Å². The highest BCUT2D eigenvalue weighted by molar-refractivity contribution is 5.30. The largest absolute Gasteiger partial charge is 0.393 e. The lowest BCUT2D eigenvalue weighted by atomic mass is 9.44. The molecule has 3 nitrogen and oxygen atoms in total. The van der Waals surface area contributed by atoms with E-state index in [9.17, 15) is 10.2 Å². The Morgan fingerprint density at radius 3 is 1.03 bits per heavy atom. The molecule has 0 bridgehead atoms. The summed E-state index contributed by atoms with van der Waals surface area (Å²) in [5.41, 5.74) is 4.28. The number of hydrogen-bond acceptors (Lipinski definition) is 3. The molecule has 0 saturated heterocycles. The fourth-order valence-electron chi connectivity index (χ4n) is 24.4. The van der Waals surface area contributed by atoms with E-state index in [1.54, 1.807) is 11.1 Å². The minimum Gasteiger partial charge on any atom is -0.393 e. The smallest absolute Gasteiger partial charge is 0.0616 e. The highest BCUT2D eigenvalue weighted by Gasteiger charge is 2.64. The van der Waals surface area contributed by atoms with Gasteiger partial charge < -0.3 is 14.9 Å². The van der Waals surface area contributed by atoms with E-state index in [2.05, 4.69) is 95.2 Å². The van der Waals surface area contributed by atoms with E-state index in [4.69, 9.17) is 4.74 Å². The standard InChI is InChI=1S/C86H154O3/c1-13-15-17-19-21-23-25-27-29-31-33-35-37-45-81(79-61-69(87)59-67-47-49-71-75-53-51-73(65(7)43-39-41-63(3)4)83(75,9)57-55-77(71)85(67,79)11)89-82(46-38-36-34-32-30-28-26-24-22-20-18-16-14-2)80-62-70(88)60-68-48-50-72-76-54-52-74(66(8)44-40-42-64(5)6)84(76,10)58-56-78(72)86(68,80)12/h47-48,63-66,69-82,87-88H,13-46,49-62H2,1-12H3/t65-,66-,69-,70-,71+,72+,73-,74-,75+,76+,77+,78+,79?,80?,81?,82?,83-,84-,85-,86-/m1/s1. The van der Waals surface area contributed by atoms with Crippen LogP contribution in [0.3, 0.4) is 0 Å². The molecule has 0 amide bonds. The van der Waals surface area contributed by atoms with Gasteiger partial charge in [0, 0.05) is 0 Å². The summed E-state index contributed by atoms with van der Waals surface area (Å²) in [5, 5.41) is 24.8. The van der Waals surface area contributed by atoms with Gasteiger partial charge in [0.2, 0.25) is 0 Å². The van der Waals surface area contributed by atoms with Gasteiger partial charge in [-0.25, -0.2) is 0 Å². The quantitative estimate of drug-likeness (QED) is 0.0473. The average Bonchev–Trinajstić information content (AvgIpc) is 1.70. The number of fused-ring (bicyclic) bond motifs is 10. The van der Waals surface area contributed by atoms with E-state index in [0.29, 0.717) is 34.5 Å². The zero-order chi connectivity index (χ0) is 63.6. The predicted molar refractivity (Wildman–Crippen MR) is 385 cm³/mol. The SMILES string of the molecule is CCCCCCCCCCCCCCCC(OC(CCCCCCCCCCCCCCC)C1C[C@H](O)CC2=CC[C@H]3[C@@H]4CC[C@H]([C@H](C)CCCC(C)C)[C@@]4(C)CC[C@@H]3[C@@]21C)C1C[C@H](O)CC2=CC[C@H]3[C@@H]4CC[C@H]([C@H](C)CCCC(C)C)[C@@]4(C)CC[C@@H]3[C@@]21C. The first-order chi connectivity index (χ1) is 42.9. The summed E-state index contributed by atoms with van der Waals surface area (Å²) in [5.74, 6) is 10.1. The molecule has 3 heteroatoms. The lowest BCUT2D eigenvalue weighted by molar-refractivity contribution is -0.172. The fraction of sp³-hybridized carbons (Fsp3) is 0.953. The molecule has 516 valence electrons. The molecule has 8 rings (SSSR count). The Morgan fingerprint density at radius 2 is 0.708 bits per heavy atom. The minimum atomic E-state index is -0.281. The van der Waals surface area contributed by atoms with Crippen molar-refractivity contribution >= 4 is 0 Å². The highest BCUT2D eigenvalue weighted by Crippen LogP contribution is 2.71. The summed E-state index contributed by atoms with van der Waals surface area (Å²) in [7, 11) is 0. The van der Waals surface area contributed by atoms with Crippen LogP contribution in [-0.2, 0) is 4.74 Å². The molecule has 8 aliphatic rings. The molecule has 0 aliphatic heterocycles. The molecule has 4 unspecified atom stereocenters. The molecule has 89 heavy (non-hydrogen) atoms. The Hall–Kier alpha value is -0.640. The van der Waals surface area contributed by atoms with Crippen LogP contribution in [0.2, 0.25) is 0 Å². The van der Waals surface area contributed by atoms with Crippen LogP contribution >= 0.6 is 0 Å². The zero-order valence-corrected chi connectivity index (χ0v) is 61.8. The van der Waals surface area contributed by atoms with Crippen LogP contribution in [0, 0.1) is 105 Å². The Labute approximate surface area is 555 Å². The van der Waals surface area contributed by atoms with Gasteiger partial charge in [0.05, 0.1) is 24.4 Å². The molecule has 8 aliphatic carbocycles. The third-order valence-corrected chi connectivity index (χ3v) is 29.4. The van der Waals surface area contributed by atoms with Crippen molar-refractivity contribution in [1.29, 1.82) is 0 Å². The molecule has 0 aromatic heterocycles. The van der Waals surface area contributed by atoms with Crippen molar-refractivity contribution < 1.29 is 14.9 Å². The first-order valence-corrected chi connectivity index (χ1v) is 41.3. The van der Waals surface area contributed by atoms with Crippen molar-refractivity contribution in [3.05, 3.63) is 23.3 Å². The van der Waals surface area contributed by atoms with Gasteiger partial charge >= 0.3 is 0 Å². The second kappa shape index (κ2) is 36.1. The van der Waals surface area contributed by atoms with Gasteiger partial charge in [-0.15, -0.1) is 0 Å². The number of ether oxygens (including phenoxy) is 1. The van der Waals surface area contributed by atoms with Crippen LogP contribution in [0.4, 0.5) is 0 Å². The van der Waals surface area contributed by atoms with Crippen LogP contribution in [0.5, 0.6) is 0 Å². The van der Waals surface area contributed by atoms with Crippen LogP contribution in [-0.4, -0.2) is 34.6 Å². The van der Waals surface area contributed by atoms with Crippen molar-refractivity contribution in [2.24, 2.45) is 105 Å². The number of aliphatic hydroxyl groups is 2. The summed E-state index contributed by atoms with van der Waals surface area (Å²) in [6, 6.07) is 0. The molecule has 0 heterocycles. The van der Waals surface area contributed by atoms with E-state index in [-0.39, 0.29) is 35.2 Å². The number of hydrogen-bond donors (Lipinski definition) is 2. The van der Waals surface area contributed by atoms with Gasteiger partial charge in [-0.2, -0.15) is 0 Å². The topological polar surface area (TPSA) is 49.7 Å². The van der Waals surface area contributed by atoms with Crippen molar-refractivity contribution in [1.82, 2.24) is 0 Å². The van der Waals surface area contributed by atoms with Gasteiger partial charge in [0.1, 0.15) is 0 Å². The Balaban J connectivity index is 1.06. The summed E-state index contributed by atoms with van der Waals surface area (Å²) in [4.78, 5) is 0. The number of rotatable bonds is 42. The molecule has 6 fully saturated rings. The van der Waals surface area contributed by atoms with Crippen molar-refractivity contribution in [3.8, 4) is 0 Å². The zero-order valence-electron chi connectivity index (χ0n) is 61.8. The van der Waals surface area contributed by atoms with Gasteiger partial charge in [-0.1, -0.05) is 312 Å². The van der Waals surface area contributed by atoms with E-state index in [1.165, 1.54) is 270 Å². The van der Waals surface area contributed by atoms with Gasteiger partial charge in [-0.3, -0.25) is 0 Å². The summed E-state index contributed by atoms with van der Waals surface area (Å²) >= 11 is 0. The molecule has 0 aromatic carbocycles. The van der Waals surface area contributed by atoms with E-state index in [0.717, 1.165) is 97.7 Å². The molecular weight excluding hydrogens is 1080 g/mol. The predicted octanol–water partition coefficient (Wildman–Crippen LogP) is 26.0. The number of aliphatic hydroxyl groups excluding tert-OH is 2. The summed E-state index contributed by atoms with van der Waals surface area (Å²) in [6.45, 7) is 30.8. The third kappa shape index (κ3) is 18.5. The van der Waals surface area contributed by atoms with Crippen molar-refractivity contribution in [2.45, 2.75) is 416 Å². The number of unbranched alkanes of at least 4 members (excludes halogenated alkanes) is 24. The third-order valence-electron chi connectivity index (χ3n) is 29.4. The van der Waals surface area contributed by atoms with Crippen molar-refractivity contribution in [2.75, 3.05) is 0 Å². The van der Waals surface area contributed by atoms with Gasteiger partial charge in [-0.05, 0) is 207 Å². The normalized spacial score (nSPS) is 36.4. The second-order valence-electron chi connectivity index (χ2n) is 36.0. The summed E-state index contributed by atoms with van der Waals surface area (Å²) < 4.78 is 8.57. The molecule has 6 saturated carbocycles. The molecule has 0 radical (unpaired) electrons. The van der Waals surface area contributed by atoms with Crippen LogP contribution < -0.4 is 0 Å². The second-order valence-corrected chi connectivity index (χ2v) is 36.0. The molecule has 2 N–H and O–H groups in total. The van der Waals surface area contributed by atoms with E-state index >= 15 is 0 Å². The lowest BCUT2D eigenvalue weighted by Gasteiger charge is -2.63. The lowest BCUT2D eigenvalue weighted by Crippen LogP contribution is -2.58. The van der Waals surface area contributed by atoms with Crippen LogP contribution in [0.25, 0.3) is 0 Å². The van der Waals surface area contributed by atoms with Gasteiger partial charge in [0.15, 0.2) is 0 Å². The molecule has 0 spiro atoms. The highest BCUT2D eigenvalue weighted by atomic mass is 16.5.